The molecule has 0 aliphatic carbocycles. The molecule has 0 aromatic carbocycles. The van der Waals surface area contributed by atoms with Crippen molar-refractivity contribution in [3.63, 3.8) is 0 Å². The fourth-order valence-electron chi connectivity index (χ4n) is 3.88. The third-order valence-corrected chi connectivity index (χ3v) is 5.31. The van der Waals surface area contributed by atoms with Gasteiger partial charge in [0.15, 0.2) is 0 Å². The lowest BCUT2D eigenvalue weighted by atomic mass is 9.77. The third kappa shape index (κ3) is 2.10. The molecule has 0 radical (unpaired) electrons. The normalized spacial score (nSPS) is 34.1. The summed E-state index contributed by atoms with van der Waals surface area (Å²) < 4.78 is 2.10. The van der Waals surface area contributed by atoms with Crippen LogP contribution in [-0.2, 0) is 13.6 Å². The van der Waals surface area contributed by atoms with Gasteiger partial charge < -0.3 is 15.2 Å². The van der Waals surface area contributed by atoms with Crippen molar-refractivity contribution >= 4 is 0 Å². The van der Waals surface area contributed by atoms with Crippen molar-refractivity contribution in [2.75, 3.05) is 33.2 Å². The summed E-state index contributed by atoms with van der Waals surface area (Å²) in [7, 11) is 4.28. The molecule has 2 saturated heterocycles. The molecule has 2 N–H and O–H groups in total. The van der Waals surface area contributed by atoms with Crippen LogP contribution in [0.25, 0.3) is 0 Å². The first-order valence-electron chi connectivity index (χ1n) is 7.25. The first-order valence-corrected chi connectivity index (χ1v) is 7.25. The summed E-state index contributed by atoms with van der Waals surface area (Å²) in [5.74, 6) is 1.84. The minimum absolute atomic E-state index is 0.166. The molecule has 0 amide bonds. The van der Waals surface area contributed by atoms with Crippen LogP contribution in [0.4, 0.5) is 0 Å². The van der Waals surface area contributed by atoms with Gasteiger partial charge >= 0.3 is 0 Å². The van der Waals surface area contributed by atoms with Gasteiger partial charge in [-0.25, -0.2) is 4.98 Å². The number of aromatic nitrogens is 2. The van der Waals surface area contributed by atoms with Crippen LogP contribution in [0.1, 0.15) is 18.7 Å². The molecular formula is C14H25N5. The number of imidazole rings is 1. The van der Waals surface area contributed by atoms with Crippen LogP contribution in [0.3, 0.4) is 0 Å². The number of nitrogens with zero attached hydrogens (tertiary/aromatic N) is 4. The highest BCUT2D eigenvalue weighted by atomic mass is 15.3. The number of aryl methyl sites for hydroxylation is 1. The predicted molar refractivity (Wildman–Crippen MR) is 75.6 cm³/mol. The average Bonchev–Trinajstić information content (AvgIpc) is 2.99. The zero-order valence-electron chi connectivity index (χ0n) is 12.0. The molecule has 0 spiro atoms. The molecule has 19 heavy (non-hydrogen) atoms. The van der Waals surface area contributed by atoms with Crippen LogP contribution < -0.4 is 5.73 Å². The van der Waals surface area contributed by atoms with Crippen LogP contribution in [0.5, 0.6) is 0 Å². The summed E-state index contributed by atoms with van der Waals surface area (Å²) in [6.45, 7) is 5.31. The van der Waals surface area contributed by atoms with Crippen LogP contribution in [0.2, 0.25) is 0 Å². The van der Waals surface area contributed by atoms with E-state index in [0.717, 1.165) is 24.8 Å². The number of fused-ring (bicyclic) bond motifs is 2. The van der Waals surface area contributed by atoms with Gasteiger partial charge in [0, 0.05) is 38.1 Å². The quantitative estimate of drug-likeness (QED) is 0.847. The van der Waals surface area contributed by atoms with Crippen LogP contribution in [0, 0.1) is 5.92 Å². The molecule has 0 saturated carbocycles. The highest BCUT2D eigenvalue weighted by molar-refractivity contribution is 5.05. The maximum atomic E-state index is 6.20. The molecule has 2 aliphatic heterocycles. The van der Waals surface area contributed by atoms with Crippen molar-refractivity contribution in [2.45, 2.75) is 24.9 Å². The summed E-state index contributed by atoms with van der Waals surface area (Å²) in [5, 5.41) is 0. The van der Waals surface area contributed by atoms with Gasteiger partial charge in [0.25, 0.3) is 0 Å². The smallest absolute Gasteiger partial charge is 0.122 e. The largest absolute Gasteiger partial charge is 0.337 e. The Hall–Kier alpha value is -0.910. The fraction of sp³-hybridized carbons (Fsp3) is 0.786. The molecule has 3 rings (SSSR count). The van der Waals surface area contributed by atoms with Crippen LogP contribution in [-0.4, -0.2) is 58.1 Å². The van der Waals surface area contributed by atoms with Gasteiger partial charge in [0.05, 0.1) is 6.54 Å². The topological polar surface area (TPSA) is 50.3 Å². The summed E-state index contributed by atoms with van der Waals surface area (Å²) >= 11 is 0. The van der Waals surface area contributed by atoms with Gasteiger partial charge in [0.1, 0.15) is 5.82 Å². The Bertz CT molecular complexity index is 443. The second-order valence-corrected chi connectivity index (χ2v) is 6.15. The lowest BCUT2D eigenvalue weighted by Gasteiger charge is -2.48. The fourth-order valence-corrected chi connectivity index (χ4v) is 3.88. The van der Waals surface area contributed by atoms with Crippen molar-refractivity contribution in [3.05, 3.63) is 18.2 Å². The predicted octanol–water partition coefficient (Wildman–Crippen LogP) is 0.275. The third-order valence-electron chi connectivity index (χ3n) is 5.31. The van der Waals surface area contributed by atoms with Crippen molar-refractivity contribution < 1.29 is 0 Å². The Morgan fingerprint density at radius 1 is 1.53 bits per heavy atom. The highest BCUT2D eigenvalue weighted by Crippen LogP contribution is 2.39. The van der Waals surface area contributed by atoms with Gasteiger partial charge in [0.2, 0.25) is 0 Å². The first kappa shape index (κ1) is 13.1. The van der Waals surface area contributed by atoms with Gasteiger partial charge in [-0.15, -0.1) is 0 Å². The maximum absolute atomic E-state index is 6.20. The second kappa shape index (κ2) is 4.89. The monoisotopic (exact) mass is 263 g/mol. The van der Waals surface area contributed by atoms with E-state index in [4.69, 9.17) is 5.73 Å². The van der Waals surface area contributed by atoms with Crippen molar-refractivity contribution in [1.29, 1.82) is 0 Å². The standard InChI is InChI=1S/C14H25N5/c1-17-8-5-16-13(17)10-18(2)14(11-15)4-7-19-6-3-12(14)9-19/h5,8,12H,3-4,6-7,9-11,15H2,1-2H3. The number of hydrogen-bond donors (Lipinski definition) is 1. The number of likely N-dealkylation sites (N-methyl/N-ethyl adjacent to an activating group) is 1. The van der Waals surface area contributed by atoms with E-state index in [1.165, 1.54) is 32.5 Å². The maximum Gasteiger partial charge on any atom is 0.122 e. The second-order valence-electron chi connectivity index (χ2n) is 6.15. The van der Waals surface area contributed by atoms with E-state index >= 15 is 0 Å². The van der Waals surface area contributed by atoms with E-state index in [2.05, 4.69) is 33.4 Å². The summed E-state index contributed by atoms with van der Waals surface area (Å²) in [5.41, 5.74) is 6.37. The van der Waals surface area contributed by atoms with Crippen molar-refractivity contribution in [1.82, 2.24) is 19.4 Å². The van der Waals surface area contributed by atoms with E-state index in [-0.39, 0.29) is 5.54 Å². The Morgan fingerprint density at radius 3 is 3.05 bits per heavy atom. The van der Waals surface area contributed by atoms with E-state index in [1.54, 1.807) is 0 Å². The SMILES string of the molecule is CN(Cc1nccn1C)C1(CN)CCN2CCC1C2. The van der Waals surface area contributed by atoms with Crippen molar-refractivity contribution in [2.24, 2.45) is 18.7 Å². The lowest BCUT2D eigenvalue weighted by molar-refractivity contribution is 0.0192. The molecule has 5 nitrogen and oxygen atoms in total. The van der Waals surface area contributed by atoms with Gasteiger partial charge in [-0.2, -0.15) is 0 Å². The Balaban J connectivity index is 1.79. The molecule has 3 atom stereocenters. The Morgan fingerprint density at radius 2 is 2.37 bits per heavy atom. The zero-order chi connectivity index (χ0) is 13.5. The summed E-state index contributed by atoms with van der Waals surface area (Å²) in [4.78, 5) is 9.48. The van der Waals surface area contributed by atoms with Gasteiger partial charge in [-0.1, -0.05) is 0 Å². The molecule has 2 bridgehead atoms. The highest BCUT2D eigenvalue weighted by Gasteiger charge is 2.47. The van der Waals surface area contributed by atoms with Gasteiger partial charge in [-0.05, 0) is 38.9 Å². The number of nitrogens with two attached hydrogens (primary N) is 1. The van der Waals surface area contributed by atoms with E-state index < -0.39 is 0 Å². The molecule has 5 heteroatoms. The molecule has 2 aliphatic rings. The summed E-state index contributed by atoms with van der Waals surface area (Å²) in [6, 6.07) is 0. The van der Waals surface area contributed by atoms with Crippen LogP contribution in [0.15, 0.2) is 12.4 Å². The molecule has 3 heterocycles. The summed E-state index contributed by atoms with van der Waals surface area (Å²) in [6.07, 6.45) is 6.37. The van der Waals surface area contributed by atoms with E-state index in [9.17, 15) is 0 Å². The molecule has 3 unspecified atom stereocenters. The molecule has 2 fully saturated rings. The Labute approximate surface area is 115 Å². The Kier molecular flexibility index (Phi) is 3.37. The first-order chi connectivity index (χ1) is 9.15. The number of hydrogen-bond acceptors (Lipinski definition) is 4. The van der Waals surface area contributed by atoms with Crippen molar-refractivity contribution in [3.8, 4) is 0 Å². The minimum Gasteiger partial charge on any atom is -0.337 e. The number of piperidine rings is 1. The lowest BCUT2D eigenvalue weighted by Crippen LogP contribution is -2.60. The average molecular weight is 263 g/mol. The van der Waals surface area contributed by atoms with Crippen LogP contribution >= 0.6 is 0 Å². The zero-order valence-corrected chi connectivity index (χ0v) is 12.0. The molecular weight excluding hydrogens is 238 g/mol. The number of rotatable bonds is 4. The van der Waals surface area contributed by atoms with Gasteiger partial charge in [-0.3, -0.25) is 4.90 Å². The molecule has 106 valence electrons. The van der Waals surface area contributed by atoms with E-state index in [0.29, 0.717) is 0 Å². The molecule has 1 aromatic rings. The minimum atomic E-state index is 0.166. The molecule has 1 aromatic heterocycles. The van der Waals surface area contributed by atoms with E-state index in [1.807, 2.05) is 12.4 Å².